The minimum Gasteiger partial charge on any atom is -0.478 e. The number of hydrogen-bond donors (Lipinski definition) is 2. The summed E-state index contributed by atoms with van der Waals surface area (Å²) in [7, 11) is 3.69. The van der Waals surface area contributed by atoms with E-state index in [0.29, 0.717) is 0 Å². The van der Waals surface area contributed by atoms with Crippen LogP contribution < -0.4 is 5.32 Å². The molecule has 1 amide bonds. The number of carbonyl (C=O) groups is 2. The highest BCUT2D eigenvalue weighted by Gasteiger charge is 2.29. The highest BCUT2D eigenvalue weighted by atomic mass is 16.4. The van der Waals surface area contributed by atoms with E-state index in [1.54, 1.807) is 24.9 Å². The van der Waals surface area contributed by atoms with E-state index in [-0.39, 0.29) is 46.7 Å². The van der Waals surface area contributed by atoms with Crippen molar-refractivity contribution in [3.05, 3.63) is 23.8 Å². The zero-order valence-corrected chi connectivity index (χ0v) is 18.8. The van der Waals surface area contributed by atoms with Crippen LogP contribution in [0.1, 0.15) is 55.4 Å². The SMILES string of the molecule is CN[C@H](C=C[C@H](C(=O)N(C)[C@H](C=C(C)C(=O)O)C(C)C)C(C)C)C(C)(C)C. The molecule has 0 bridgehead atoms. The molecule has 0 aromatic carbocycles. The number of likely N-dealkylation sites (N-methyl/N-ethyl adjacent to an activating group) is 2. The van der Waals surface area contributed by atoms with Gasteiger partial charge in [0.15, 0.2) is 0 Å². The molecule has 0 aliphatic heterocycles. The number of carbonyl (C=O) groups excluding carboxylic acids is 1. The van der Waals surface area contributed by atoms with Crippen molar-refractivity contribution in [1.29, 1.82) is 0 Å². The topological polar surface area (TPSA) is 69.6 Å². The lowest BCUT2D eigenvalue weighted by molar-refractivity contribution is -0.136. The van der Waals surface area contributed by atoms with Gasteiger partial charge in [0.05, 0.1) is 12.0 Å². The zero-order chi connectivity index (χ0) is 21.5. The second-order valence-electron chi connectivity index (χ2n) is 9.13. The van der Waals surface area contributed by atoms with E-state index in [1.165, 1.54) is 0 Å². The molecule has 0 rings (SSSR count). The Labute approximate surface area is 165 Å². The van der Waals surface area contributed by atoms with Crippen LogP contribution in [0.2, 0.25) is 0 Å². The standard InChI is InChI=1S/C22H40N2O3/c1-14(2)17(11-12-19(23-9)22(6,7)8)20(25)24(10)18(15(3)4)13-16(5)21(26)27/h11-15,17-19,23H,1-10H3,(H,26,27)/t17-,18+,19+/m0/s1. The van der Waals surface area contributed by atoms with Crippen molar-refractivity contribution in [2.75, 3.05) is 14.1 Å². The van der Waals surface area contributed by atoms with Gasteiger partial charge in [-0.2, -0.15) is 0 Å². The predicted molar refractivity (Wildman–Crippen MR) is 113 cm³/mol. The second kappa shape index (κ2) is 10.6. The largest absolute Gasteiger partial charge is 0.478 e. The third kappa shape index (κ3) is 7.87. The van der Waals surface area contributed by atoms with Gasteiger partial charge in [-0.25, -0.2) is 4.79 Å². The van der Waals surface area contributed by atoms with Gasteiger partial charge in [0.25, 0.3) is 0 Å². The van der Waals surface area contributed by atoms with Crippen LogP contribution in [0.25, 0.3) is 0 Å². The number of rotatable bonds is 9. The lowest BCUT2D eigenvalue weighted by atomic mass is 9.84. The summed E-state index contributed by atoms with van der Waals surface area (Å²) in [6, 6.07) is -0.0992. The van der Waals surface area contributed by atoms with E-state index in [1.807, 2.05) is 40.8 Å². The first kappa shape index (κ1) is 25.4. The van der Waals surface area contributed by atoms with Crippen LogP contribution in [0.5, 0.6) is 0 Å². The molecule has 0 saturated heterocycles. The van der Waals surface area contributed by atoms with Crippen LogP contribution in [0, 0.1) is 23.2 Å². The lowest BCUT2D eigenvalue weighted by Crippen LogP contribution is -2.44. The van der Waals surface area contributed by atoms with Gasteiger partial charge >= 0.3 is 5.97 Å². The Morgan fingerprint density at radius 3 is 1.89 bits per heavy atom. The summed E-state index contributed by atoms with van der Waals surface area (Å²) < 4.78 is 0. The van der Waals surface area contributed by atoms with Crippen molar-refractivity contribution in [1.82, 2.24) is 10.2 Å². The first-order chi connectivity index (χ1) is 12.2. The maximum atomic E-state index is 13.2. The van der Waals surface area contributed by atoms with Crippen LogP contribution in [-0.4, -0.2) is 48.1 Å². The average molecular weight is 381 g/mol. The minimum atomic E-state index is -0.955. The molecule has 0 radical (unpaired) electrons. The molecule has 3 atom stereocenters. The Morgan fingerprint density at radius 1 is 1.04 bits per heavy atom. The lowest BCUT2D eigenvalue weighted by Gasteiger charge is -2.33. The summed E-state index contributed by atoms with van der Waals surface area (Å²) >= 11 is 0. The normalized spacial score (nSPS) is 16.7. The third-order valence-electron chi connectivity index (χ3n) is 4.99. The van der Waals surface area contributed by atoms with Crippen molar-refractivity contribution in [2.24, 2.45) is 23.2 Å². The van der Waals surface area contributed by atoms with Crippen molar-refractivity contribution >= 4 is 11.9 Å². The van der Waals surface area contributed by atoms with E-state index in [4.69, 9.17) is 0 Å². The molecular weight excluding hydrogens is 340 g/mol. The monoisotopic (exact) mass is 380 g/mol. The summed E-state index contributed by atoms with van der Waals surface area (Å²) in [5.74, 6) is -0.939. The van der Waals surface area contributed by atoms with E-state index in [9.17, 15) is 14.7 Å². The molecule has 0 saturated carbocycles. The number of nitrogens with one attached hydrogen (secondary N) is 1. The molecule has 0 heterocycles. The molecular formula is C22H40N2O3. The van der Waals surface area contributed by atoms with E-state index in [0.717, 1.165) is 0 Å². The fraction of sp³-hybridized carbons (Fsp3) is 0.727. The summed E-state index contributed by atoms with van der Waals surface area (Å²) in [4.78, 5) is 26.1. The van der Waals surface area contributed by atoms with Gasteiger partial charge in [0.2, 0.25) is 5.91 Å². The predicted octanol–water partition coefficient (Wildman–Crippen LogP) is 3.96. The van der Waals surface area contributed by atoms with Gasteiger partial charge in [-0.3, -0.25) is 4.79 Å². The first-order valence-corrected chi connectivity index (χ1v) is 9.77. The van der Waals surface area contributed by atoms with Gasteiger partial charge in [0, 0.05) is 18.7 Å². The molecule has 0 aromatic rings. The highest BCUT2D eigenvalue weighted by Crippen LogP contribution is 2.24. The number of hydrogen-bond acceptors (Lipinski definition) is 3. The quantitative estimate of drug-likeness (QED) is 0.469. The molecule has 156 valence electrons. The summed E-state index contributed by atoms with van der Waals surface area (Å²) in [5, 5.41) is 12.5. The molecule has 27 heavy (non-hydrogen) atoms. The molecule has 0 aromatic heterocycles. The maximum absolute atomic E-state index is 13.2. The first-order valence-electron chi connectivity index (χ1n) is 9.77. The summed E-state index contributed by atoms with van der Waals surface area (Å²) in [6.45, 7) is 16.1. The molecule has 0 unspecified atom stereocenters. The number of carboxylic acids is 1. The number of carboxylic acid groups (broad SMARTS) is 1. The van der Waals surface area contributed by atoms with E-state index >= 15 is 0 Å². The van der Waals surface area contributed by atoms with Gasteiger partial charge in [-0.15, -0.1) is 0 Å². The highest BCUT2D eigenvalue weighted by molar-refractivity contribution is 5.86. The molecule has 5 nitrogen and oxygen atoms in total. The third-order valence-corrected chi connectivity index (χ3v) is 4.99. The summed E-state index contributed by atoms with van der Waals surface area (Å²) in [6.07, 6.45) is 5.76. The number of amides is 1. The molecule has 2 N–H and O–H groups in total. The fourth-order valence-electron chi connectivity index (χ4n) is 3.10. The van der Waals surface area contributed by atoms with Gasteiger partial charge < -0.3 is 15.3 Å². The van der Waals surface area contributed by atoms with Crippen molar-refractivity contribution < 1.29 is 14.7 Å². The Morgan fingerprint density at radius 2 is 1.56 bits per heavy atom. The number of nitrogens with zero attached hydrogens (tertiary/aromatic N) is 1. The van der Waals surface area contributed by atoms with Gasteiger partial charge in [-0.1, -0.05) is 66.7 Å². The average Bonchev–Trinajstić information content (AvgIpc) is 2.53. The minimum absolute atomic E-state index is 0.0122. The second-order valence-corrected chi connectivity index (χ2v) is 9.13. The van der Waals surface area contributed by atoms with Crippen molar-refractivity contribution in [3.63, 3.8) is 0 Å². The van der Waals surface area contributed by atoms with Crippen LogP contribution in [0.4, 0.5) is 0 Å². The van der Waals surface area contributed by atoms with Gasteiger partial charge in [0.1, 0.15) is 0 Å². The van der Waals surface area contributed by atoms with Crippen LogP contribution in [0.15, 0.2) is 23.8 Å². The van der Waals surface area contributed by atoms with Crippen molar-refractivity contribution in [3.8, 4) is 0 Å². The maximum Gasteiger partial charge on any atom is 0.331 e. The Bertz CT molecular complexity index is 556. The summed E-state index contributed by atoms with van der Waals surface area (Å²) in [5.41, 5.74) is 0.303. The smallest absolute Gasteiger partial charge is 0.331 e. The van der Waals surface area contributed by atoms with E-state index < -0.39 is 5.97 Å². The van der Waals surface area contributed by atoms with Crippen molar-refractivity contribution in [2.45, 2.75) is 67.5 Å². The fourth-order valence-corrected chi connectivity index (χ4v) is 3.10. The van der Waals surface area contributed by atoms with E-state index in [2.05, 4.69) is 32.2 Å². The Hall–Kier alpha value is -1.62. The Kier molecular flexibility index (Phi) is 10.0. The molecule has 0 spiro atoms. The zero-order valence-electron chi connectivity index (χ0n) is 18.8. The molecule has 5 heteroatoms. The van der Waals surface area contributed by atoms with Crippen LogP contribution in [0.3, 0.4) is 0 Å². The number of aliphatic carboxylic acids is 1. The van der Waals surface area contributed by atoms with Gasteiger partial charge in [-0.05, 0) is 31.2 Å². The molecule has 0 aliphatic carbocycles. The Balaban J connectivity index is 5.68. The molecule has 0 fully saturated rings. The van der Waals surface area contributed by atoms with Crippen LogP contribution >= 0.6 is 0 Å². The molecule has 0 aliphatic rings. The van der Waals surface area contributed by atoms with Crippen LogP contribution in [-0.2, 0) is 9.59 Å².